The van der Waals surface area contributed by atoms with E-state index in [1.807, 2.05) is 24.3 Å². The third-order valence-corrected chi connectivity index (χ3v) is 4.93. The van der Waals surface area contributed by atoms with Crippen molar-refractivity contribution in [3.05, 3.63) is 60.0 Å². The Morgan fingerprint density at radius 2 is 1.90 bits per heavy atom. The van der Waals surface area contributed by atoms with Crippen molar-refractivity contribution in [2.75, 3.05) is 33.3 Å². The van der Waals surface area contributed by atoms with Crippen LogP contribution in [-0.2, 0) is 6.54 Å². The van der Waals surface area contributed by atoms with E-state index in [1.165, 1.54) is 6.07 Å². The van der Waals surface area contributed by atoms with Gasteiger partial charge in [0.15, 0.2) is 0 Å². The molecule has 1 aliphatic heterocycles. The Bertz CT molecular complexity index is 978. The molecule has 1 N–H and O–H groups in total. The first kappa shape index (κ1) is 18.9. The van der Waals surface area contributed by atoms with Crippen LogP contribution in [0.5, 0.6) is 11.5 Å². The standard InChI is InChI=1S/C21H22N4O4/c1-28-18-7-5-15(6-8-18)20-22-19(29-23-20)14-24-9-11-25(12-10-24)21(27)16-3-2-4-17(26)13-16/h2-8,13,26H,9-12,14H2,1H3. The van der Waals surface area contributed by atoms with Crippen molar-refractivity contribution < 1.29 is 19.2 Å². The van der Waals surface area contributed by atoms with Gasteiger partial charge in [0, 0.05) is 37.3 Å². The van der Waals surface area contributed by atoms with E-state index >= 15 is 0 Å². The molecule has 0 radical (unpaired) electrons. The second-order valence-electron chi connectivity index (χ2n) is 6.86. The number of hydrogen-bond donors (Lipinski definition) is 1. The molecule has 0 atom stereocenters. The molecule has 3 aromatic rings. The van der Waals surface area contributed by atoms with E-state index in [9.17, 15) is 9.90 Å². The summed E-state index contributed by atoms with van der Waals surface area (Å²) in [6.07, 6.45) is 0. The van der Waals surface area contributed by atoms with Crippen LogP contribution < -0.4 is 4.74 Å². The Hall–Kier alpha value is -3.39. The number of nitrogens with zero attached hydrogens (tertiary/aromatic N) is 4. The van der Waals surface area contributed by atoms with Crippen LogP contribution in [0.4, 0.5) is 0 Å². The minimum absolute atomic E-state index is 0.0693. The maximum atomic E-state index is 12.6. The number of rotatable bonds is 5. The predicted octanol–water partition coefficient (Wildman–Crippen LogP) is 2.41. The van der Waals surface area contributed by atoms with E-state index < -0.39 is 0 Å². The average Bonchev–Trinajstić information content (AvgIpc) is 3.22. The van der Waals surface area contributed by atoms with Gasteiger partial charge >= 0.3 is 0 Å². The van der Waals surface area contributed by atoms with Gasteiger partial charge in [0.1, 0.15) is 11.5 Å². The summed E-state index contributed by atoms with van der Waals surface area (Å²) < 4.78 is 10.6. The fourth-order valence-electron chi connectivity index (χ4n) is 3.30. The van der Waals surface area contributed by atoms with Gasteiger partial charge < -0.3 is 19.3 Å². The highest BCUT2D eigenvalue weighted by atomic mass is 16.5. The van der Waals surface area contributed by atoms with Gasteiger partial charge in [-0.3, -0.25) is 9.69 Å². The fourth-order valence-corrected chi connectivity index (χ4v) is 3.30. The molecule has 0 unspecified atom stereocenters. The van der Waals surface area contributed by atoms with Crippen molar-refractivity contribution in [2.45, 2.75) is 6.54 Å². The zero-order chi connectivity index (χ0) is 20.2. The molecule has 0 aliphatic carbocycles. The van der Waals surface area contributed by atoms with Gasteiger partial charge in [0.05, 0.1) is 13.7 Å². The summed E-state index contributed by atoms with van der Waals surface area (Å²) in [5, 5.41) is 13.6. The van der Waals surface area contributed by atoms with Gasteiger partial charge in [-0.15, -0.1) is 0 Å². The van der Waals surface area contributed by atoms with Crippen molar-refractivity contribution in [3.63, 3.8) is 0 Å². The Kier molecular flexibility index (Phi) is 5.44. The molecule has 1 aliphatic rings. The van der Waals surface area contributed by atoms with Crippen LogP contribution in [0.3, 0.4) is 0 Å². The molecule has 1 amide bonds. The lowest BCUT2D eigenvalue weighted by Crippen LogP contribution is -2.48. The minimum Gasteiger partial charge on any atom is -0.508 e. The van der Waals surface area contributed by atoms with E-state index in [2.05, 4.69) is 15.0 Å². The summed E-state index contributed by atoms with van der Waals surface area (Å²) >= 11 is 0. The third kappa shape index (κ3) is 4.38. The second-order valence-corrected chi connectivity index (χ2v) is 6.86. The van der Waals surface area contributed by atoms with E-state index in [-0.39, 0.29) is 11.7 Å². The number of phenolic OH excluding ortho intramolecular Hbond substituents is 1. The smallest absolute Gasteiger partial charge is 0.254 e. The summed E-state index contributed by atoms with van der Waals surface area (Å²) in [4.78, 5) is 21.0. The number of carbonyl (C=O) groups is 1. The van der Waals surface area contributed by atoms with Crippen molar-refractivity contribution in [3.8, 4) is 22.9 Å². The Balaban J connectivity index is 1.33. The van der Waals surface area contributed by atoms with Crippen LogP contribution >= 0.6 is 0 Å². The molecule has 2 aromatic carbocycles. The normalized spacial score (nSPS) is 14.7. The van der Waals surface area contributed by atoms with Crippen molar-refractivity contribution in [1.82, 2.24) is 19.9 Å². The van der Waals surface area contributed by atoms with Crippen LogP contribution in [-0.4, -0.2) is 64.2 Å². The monoisotopic (exact) mass is 394 g/mol. The predicted molar refractivity (Wildman–Crippen MR) is 106 cm³/mol. The van der Waals surface area contributed by atoms with Crippen LogP contribution in [0.25, 0.3) is 11.4 Å². The highest BCUT2D eigenvalue weighted by Gasteiger charge is 2.23. The SMILES string of the molecule is COc1ccc(-c2noc(CN3CCN(C(=O)c4cccc(O)c4)CC3)n2)cc1. The molecule has 4 rings (SSSR count). The van der Waals surface area contributed by atoms with Gasteiger partial charge in [-0.2, -0.15) is 4.98 Å². The topological polar surface area (TPSA) is 91.9 Å². The number of piperazine rings is 1. The number of ether oxygens (including phenoxy) is 1. The first-order valence-corrected chi connectivity index (χ1v) is 9.40. The number of hydrogen-bond acceptors (Lipinski definition) is 7. The van der Waals surface area contributed by atoms with Gasteiger partial charge in [-0.25, -0.2) is 0 Å². The summed E-state index contributed by atoms with van der Waals surface area (Å²) in [5.74, 6) is 1.89. The summed E-state index contributed by atoms with van der Waals surface area (Å²) in [7, 11) is 1.62. The summed E-state index contributed by atoms with van der Waals surface area (Å²) in [6, 6.07) is 13.9. The maximum Gasteiger partial charge on any atom is 0.254 e. The molecule has 0 spiro atoms. The lowest BCUT2D eigenvalue weighted by atomic mass is 10.1. The first-order valence-electron chi connectivity index (χ1n) is 9.40. The molecule has 150 valence electrons. The van der Waals surface area contributed by atoms with E-state index in [4.69, 9.17) is 9.26 Å². The molecule has 29 heavy (non-hydrogen) atoms. The molecular formula is C21H22N4O4. The molecule has 0 bridgehead atoms. The number of carbonyl (C=O) groups excluding carboxylic acids is 1. The van der Waals surface area contributed by atoms with Crippen LogP contribution in [0.2, 0.25) is 0 Å². The molecule has 1 aromatic heterocycles. The second kappa shape index (κ2) is 8.32. The maximum absolute atomic E-state index is 12.6. The van der Waals surface area contributed by atoms with E-state index in [0.717, 1.165) is 11.3 Å². The first-order chi connectivity index (χ1) is 14.1. The lowest BCUT2D eigenvalue weighted by molar-refractivity contribution is 0.0614. The highest BCUT2D eigenvalue weighted by Crippen LogP contribution is 2.20. The number of phenols is 1. The van der Waals surface area contributed by atoms with Gasteiger partial charge in [0.2, 0.25) is 11.7 Å². The Morgan fingerprint density at radius 3 is 2.59 bits per heavy atom. The number of methoxy groups -OCH3 is 1. The molecule has 8 heteroatoms. The molecular weight excluding hydrogens is 372 g/mol. The Labute approximate surface area is 168 Å². The van der Waals surface area contributed by atoms with Crippen molar-refractivity contribution in [1.29, 1.82) is 0 Å². The zero-order valence-electron chi connectivity index (χ0n) is 16.1. The molecule has 0 saturated carbocycles. The van der Waals surface area contributed by atoms with Crippen molar-refractivity contribution >= 4 is 5.91 Å². The average molecular weight is 394 g/mol. The van der Waals surface area contributed by atoms with Crippen LogP contribution in [0, 0.1) is 0 Å². The summed E-state index contributed by atoms with van der Waals surface area (Å²) in [5.41, 5.74) is 1.36. The van der Waals surface area contributed by atoms with Gasteiger partial charge in [0.25, 0.3) is 5.91 Å². The Morgan fingerprint density at radius 1 is 1.14 bits per heavy atom. The summed E-state index contributed by atoms with van der Waals surface area (Å²) in [6.45, 7) is 3.18. The van der Waals surface area contributed by atoms with Crippen molar-refractivity contribution in [2.24, 2.45) is 0 Å². The fraction of sp³-hybridized carbons (Fsp3) is 0.286. The number of benzene rings is 2. The quantitative estimate of drug-likeness (QED) is 0.710. The zero-order valence-corrected chi connectivity index (χ0v) is 16.1. The number of aromatic hydroxyl groups is 1. The van der Waals surface area contributed by atoms with Crippen LogP contribution in [0.15, 0.2) is 53.1 Å². The van der Waals surface area contributed by atoms with E-state index in [1.54, 1.807) is 30.2 Å². The van der Waals surface area contributed by atoms with E-state index in [0.29, 0.717) is 50.0 Å². The molecule has 1 saturated heterocycles. The van der Waals surface area contributed by atoms with Gasteiger partial charge in [-0.1, -0.05) is 11.2 Å². The minimum atomic E-state index is -0.0693. The molecule has 1 fully saturated rings. The number of amides is 1. The van der Waals surface area contributed by atoms with Crippen LogP contribution in [0.1, 0.15) is 16.2 Å². The lowest BCUT2D eigenvalue weighted by Gasteiger charge is -2.34. The largest absolute Gasteiger partial charge is 0.508 e. The molecule has 8 nitrogen and oxygen atoms in total. The molecule has 2 heterocycles. The van der Waals surface area contributed by atoms with Gasteiger partial charge in [-0.05, 0) is 42.5 Å². The third-order valence-electron chi connectivity index (χ3n) is 4.93. The number of aromatic nitrogens is 2. The highest BCUT2D eigenvalue weighted by molar-refractivity contribution is 5.94.